The molecule has 11 heavy (non-hydrogen) atoms. The van der Waals surface area contributed by atoms with Crippen LogP contribution in [0.1, 0.15) is 11.8 Å². The maximum atomic E-state index is 4.15. The molecule has 0 bridgehead atoms. The number of rotatable bonds is 2. The summed E-state index contributed by atoms with van der Waals surface area (Å²) in [5.74, 6) is 0. The first kappa shape index (κ1) is 8.14. The lowest BCUT2D eigenvalue weighted by atomic mass is 10.4. The van der Waals surface area contributed by atoms with E-state index in [2.05, 4.69) is 16.7 Å². The third kappa shape index (κ3) is 1.74. The third-order valence-corrected chi connectivity index (χ3v) is 2.20. The Labute approximate surface area is 70.3 Å². The second kappa shape index (κ2) is 3.44. The van der Waals surface area contributed by atoms with Gasteiger partial charge in [0.05, 0.1) is 5.69 Å². The Morgan fingerprint density at radius 1 is 1.64 bits per heavy atom. The average molecular weight is 166 g/mol. The highest BCUT2D eigenvalue weighted by Crippen LogP contribution is 2.36. The summed E-state index contributed by atoms with van der Waals surface area (Å²) in [5, 5.41) is 0.903. The molecule has 1 aromatic heterocycles. The standard InChI is InChI=1S/C8H10N2S/c1-4-10-7-5-6(2)11-8(7)9-3/h4-5H,3H2,1-2H3. The fraction of sp³-hybridized carbons (Fsp3) is 0.250. The van der Waals surface area contributed by atoms with Gasteiger partial charge in [-0.3, -0.25) is 9.98 Å². The zero-order valence-corrected chi connectivity index (χ0v) is 7.48. The zero-order valence-electron chi connectivity index (χ0n) is 6.66. The summed E-state index contributed by atoms with van der Waals surface area (Å²) < 4.78 is 0. The molecule has 2 nitrogen and oxygen atoms in total. The summed E-state index contributed by atoms with van der Waals surface area (Å²) in [6, 6.07) is 2.01. The molecule has 0 N–H and O–H groups in total. The van der Waals surface area contributed by atoms with Gasteiger partial charge >= 0.3 is 0 Å². The van der Waals surface area contributed by atoms with Crippen molar-refractivity contribution in [1.82, 2.24) is 0 Å². The minimum absolute atomic E-state index is 0.903. The van der Waals surface area contributed by atoms with Crippen LogP contribution in [0.4, 0.5) is 10.7 Å². The van der Waals surface area contributed by atoms with E-state index in [-0.39, 0.29) is 0 Å². The van der Waals surface area contributed by atoms with E-state index in [4.69, 9.17) is 0 Å². The molecule has 0 aliphatic carbocycles. The van der Waals surface area contributed by atoms with Gasteiger partial charge in [0, 0.05) is 11.1 Å². The smallest absolute Gasteiger partial charge is 0.141 e. The molecule has 0 amide bonds. The van der Waals surface area contributed by atoms with Gasteiger partial charge in [0.2, 0.25) is 0 Å². The Morgan fingerprint density at radius 3 is 2.91 bits per heavy atom. The lowest BCUT2D eigenvalue weighted by Crippen LogP contribution is -1.58. The van der Waals surface area contributed by atoms with Crippen LogP contribution < -0.4 is 0 Å². The van der Waals surface area contributed by atoms with E-state index in [9.17, 15) is 0 Å². The first-order chi connectivity index (χ1) is 5.27. The molecule has 3 heteroatoms. The fourth-order valence-corrected chi connectivity index (χ4v) is 1.59. The number of hydrogen-bond acceptors (Lipinski definition) is 3. The number of thiophene rings is 1. The van der Waals surface area contributed by atoms with Crippen molar-refractivity contribution < 1.29 is 0 Å². The van der Waals surface area contributed by atoms with Gasteiger partial charge in [-0.15, -0.1) is 11.3 Å². The van der Waals surface area contributed by atoms with Crippen molar-refractivity contribution in [2.45, 2.75) is 13.8 Å². The van der Waals surface area contributed by atoms with E-state index >= 15 is 0 Å². The predicted molar refractivity (Wildman–Crippen MR) is 52.1 cm³/mol. The van der Waals surface area contributed by atoms with Crippen LogP contribution in [0.2, 0.25) is 0 Å². The Morgan fingerprint density at radius 2 is 2.36 bits per heavy atom. The normalized spacial score (nSPS) is 10.7. The van der Waals surface area contributed by atoms with Gasteiger partial charge in [0.15, 0.2) is 0 Å². The van der Waals surface area contributed by atoms with Gasteiger partial charge in [0.25, 0.3) is 0 Å². The maximum Gasteiger partial charge on any atom is 0.141 e. The van der Waals surface area contributed by atoms with Crippen molar-refractivity contribution in [1.29, 1.82) is 0 Å². The van der Waals surface area contributed by atoms with Crippen molar-refractivity contribution in [2.24, 2.45) is 9.98 Å². The Bertz CT molecular complexity index is 286. The Hall–Kier alpha value is -0.960. The summed E-state index contributed by atoms with van der Waals surface area (Å²) in [7, 11) is 0. The molecule has 0 aliphatic heterocycles. The van der Waals surface area contributed by atoms with Crippen LogP contribution in [0.3, 0.4) is 0 Å². The zero-order chi connectivity index (χ0) is 8.27. The van der Waals surface area contributed by atoms with Crippen molar-refractivity contribution in [2.75, 3.05) is 0 Å². The number of nitrogens with zero attached hydrogens (tertiary/aromatic N) is 2. The maximum absolute atomic E-state index is 4.15. The van der Waals surface area contributed by atoms with Crippen LogP contribution in [0.5, 0.6) is 0 Å². The Balaban J connectivity index is 3.11. The fourth-order valence-electron chi connectivity index (χ4n) is 0.833. The number of hydrogen-bond donors (Lipinski definition) is 0. The summed E-state index contributed by atoms with van der Waals surface area (Å²) >= 11 is 1.61. The minimum Gasteiger partial charge on any atom is -0.258 e. The van der Waals surface area contributed by atoms with E-state index in [1.54, 1.807) is 17.6 Å². The molecule has 0 fully saturated rings. The second-order valence-electron chi connectivity index (χ2n) is 2.09. The molecule has 0 aliphatic rings. The minimum atomic E-state index is 0.903. The van der Waals surface area contributed by atoms with Gasteiger partial charge in [-0.25, -0.2) is 0 Å². The lowest BCUT2D eigenvalue weighted by Gasteiger charge is -1.86. The molecule has 0 saturated carbocycles. The van der Waals surface area contributed by atoms with Gasteiger partial charge in [-0.1, -0.05) is 0 Å². The molecule has 0 radical (unpaired) electrons. The van der Waals surface area contributed by atoms with Gasteiger partial charge in [0.1, 0.15) is 5.00 Å². The molecular weight excluding hydrogens is 156 g/mol. The molecule has 0 spiro atoms. The molecule has 0 saturated heterocycles. The summed E-state index contributed by atoms with van der Waals surface area (Å²) in [4.78, 5) is 9.23. The van der Waals surface area contributed by atoms with Crippen molar-refractivity contribution >= 4 is 35.0 Å². The highest BCUT2D eigenvalue weighted by Gasteiger charge is 2.01. The average Bonchev–Trinajstić information content (AvgIpc) is 2.32. The van der Waals surface area contributed by atoms with E-state index in [1.807, 2.05) is 19.9 Å². The van der Waals surface area contributed by atoms with Gasteiger partial charge in [-0.05, 0) is 26.6 Å². The molecule has 1 heterocycles. The monoisotopic (exact) mass is 166 g/mol. The lowest BCUT2D eigenvalue weighted by molar-refractivity contribution is 1.52. The first-order valence-electron chi connectivity index (χ1n) is 3.33. The summed E-state index contributed by atoms with van der Waals surface area (Å²) in [6.45, 7) is 7.40. The largest absolute Gasteiger partial charge is 0.258 e. The molecule has 0 unspecified atom stereocenters. The number of aliphatic imine (C=N–C) groups is 2. The summed E-state index contributed by atoms with van der Waals surface area (Å²) in [5.41, 5.74) is 0.921. The van der Waals surface area contributed by atoms with E-state index in [1.165, 1.54) is 4.88 Å². The molecule has 1 rings (SSSR count). The van der Waals surface area contributed by atoms with Crippen molar-refractivity contribution in [3.8, 4) is 0 Å². The highest BCUT2D eigenvalue weighted by molar-refractivity contribution is 7.16. The third-order valence-electron chi connectivity index (χ3n) is 1.23. The molecular formula is C8H10N2S. The SMILES string of the molecule is C=Nc1sc(C)cc1N=CC. The Kier molecular flexibility index (Phi) is 2.54. The molecule has 58 valence electrons. The van der Waals surface area contributed by atoms with Crippen LogP contribution in [0.25, 0.3) is 0 Å². The second-order valence-corrected chi connectivity index (χ2v) is 3.33. The van der Waals surface area contributed by atoms with E-state index in [0.29, 0.717) is 0 Å². The van der Waals surface area contributed by atoms with Crippen LogP contribution in [0.15, 0.2) is 16.1 Å². The molecule has 0 atom stereocenters. The van der Waals surface area contributed by atoms with Crippen LogP contribution in [-0.4, -0.2) is 12.9 Å². The van der Waals surface area contributed by atoms with Gasteiger partial charge < -0.3 is 0 Å². The predicted octanol–water partition coefficient (Wildman–Crippen LogP) is 3.11. The van der Waals surface area contributed by atoms with Crippen molar-refractivity contribution in [3.05, 3.63) is 10.9 Å². The van der Waals surface area contributed by atoms with Crippen LogP contribution >= 0.6 is 11.3 Å². The van der Waals surface area contributed by atoms with E-state index < -0.39 is 0 Å². The molecule has 1 aromatic rings. The first-order valence-corrected chi connectivity index (χ1v) is 4.15. The highest BCUT2D eigenvalue weighted by atomic mass is 32.1. The van der Waals surface area contributed by atoms with E-state index in [0.717, 1.165) is 10.7 Å². The summed E-state index contributed by atoms with van der Waals surface area (Å²) in [6.07, 6.45) is 1.76. The quantitative estimate of drug-likeness (QED) is 0.603. The van der Waals surface area contributed by atoms with Gasteiger partial charge in [-0.2, -0.15) is 0 Å². The number of aryl methyl sites for hydroxylation is 1. The van der Waals surface area contributed by atoms with Crippen LogP contribution in [0, 0.1) is 6.92 Å². The molecule has 0 aromatic carbocycles. The van der Waals surface area contributed by atoms with Crippen LogP contribution in [-0.2, 0) is 0 Å². The van der Waals surface area contributed by atoms with Crippen molar-refractivity contribution in [3.63, 3.8) is 0 Å². The topological polar surface area (TPSA) is 24.7 Å².